The van der Waals surface area contributed by atoms with Gasteiger partial charge in [0.15, 0.2) is 0 Å². The van der Waals surface area contributed by atoms with Crippen molar-refractivity contribution in [2.75, 3.05) is 0 Å². The molecule has 0 heterocycles. The van der Waals surface area contributed by atoms with Crippen LogP contribution in [0, 0.1) is 11.8 Å². The molecule has 0 aliphatic heterocycles. The highest BCUT2D eigenvalue weighted by Gasteiger charge is 2.31. The molecule has 0 atom stereocenters. The highest BCUT2D eigenvalue weighted by atomic mass is 19.3. The molecule has 39 heavy (non-hydrogen) atoms. The lowest BCUT2D eigenvalue weighted by molar-refractivity contribution is -0.244. The van der Waals surface area contributed by atoms with Crippen LogP contribution >= 0.6 is 0 Å². The molecule has 0 amide bonds. The molecule has 2 aromatic rings. The molecule has 0 spiro atoms. The van der Waals surface area contributed by atoms with Gasteiger partial charge >= 0.3 is 6.11 Å². The monoisotopic (exact) mass is 534 g/mol. The number of halogens is 2. The molecule has 0 unspecified atom stereocenters. The van der Waals surface area contributed by atoms with Gasteiger partial charge in [-0.1, -0.05) is 66.8 Å². The van der Waals surface area contributed by atoms with Crippen molar-refractivity contribution in [3.05, 3.63) is 95.6 Å². The minimum Gasteiger partial charge on any atom is -0.315 e. The van der Waals surface area contributed by atoms with Gasteiger partial charge in [0.05, 0.1) is 13.0 Å². The van der Waals surface area contributed by atoms with Gasteiger partial charge in [-0.25, -0.2) is 0 Å². The predicted octanol–water partition coefficient (Wildman–Crippen LogP) is 10.9. The summed E-state index contributed by atoms with van der Waals surface area (Å²) < 4.78 is 34.5. The lowest BCUT2D eigenvalue weighted by atomic mass is 9.77. The number of alkyl halides is 2. The molecule has 0 radical (unpaired) electrons. The van der Waals surface area contributed by atoms with E-state index in [1.54, 1.807) is 0 Å². The summed E-state index contributed by atoms with van der Waals surface area (Å²) in [7, 11) is 0. The number of hydrogen-bond donors (Lipinski definition) is 0. The first-order valence-electron chi connectivity index (χ1n) is 15.4. The van der Waals surface area contributed by atoms with E-state index in [9.17, 15) is 8.78 Å². The van der Waals surface area contributed by atoms with Crippen molar-refractivity contribution in [2.45, 2.75) is 115 Å². The minimum atomic E-state index is -3.19. The molecule has 2 aliphatic carbocycles. The maximum Gasteiger partial charge on any atom is 0.360 e. The van der Waals surface area contributed by atoms with Gasteiger partial charge in [0.1, 0.15) is 0 Å². The van der Waals surface area contributed by atoms with Gasteiger partial charge in [-0.2, -0.15) is 8.78 Å². The molecule has 0 aromatic heterocycles. The van der Waals surface area contributed by atoms with Gasteiger partial charge in [-0.15, -0.1) is 6.58 Å². The number of benzene rings is 2. The van der Waals surface area contributed by atoms with Crippen LogP contribution in [0.25, 0.3) is 0 Å². The molecule has 2 aromatic carbocycles. The van der Waals surface area contributed by atoms with Crippen LogP contribution in [-0.4, -0.2) is 6.11 Å². The van der Waals surface area contributed by atoms with Crippen molar-refractivity contribution in [1.29, 1.82) is 0 Å². The summed E-state index contributed by atoms with van der Waals surface area (Å²) in [5.74, 6) is 2.80. The van der Waals surface area contributed by atoms with Crippen LogP contribution in [0.15, 0.2) is 73.3 Å². The first-order valence-corrected chi connectivity index (χ1v) is 15.4. The fourth-order valence-electron chi connectivity index (χ4n) is 6.69. The van der Waals surface area contributed by atoms with E-state index < -0.39 is 12.5 Å². The van der Waals surface area contributed by atoms with Crippen LogP contribution in [0.4, 0.5) is 8.78 Å². The summed E-state index contributed by atoms with van der Waals surface area (Å²) in [5, 5.41) is 0. The van der Waals surface area contributed by atoms with E-state index in [2.05, 4.69) is 49.9 Å². The van der Waals surface area contributed by atoms with Gasteiger partial charge in [0, 0.05) is 0 Å². The maximum absolute atomic E-state index is 14.7. The summed E-state index contributed by atoms with van der Waals surface area (Å²) >= 11 is 0. The zero-order valence-corrected chi connectivity index (χ0v) is 23.9. The van der Waals surface area contributed by atoms with Gasteiger partial charge in [-0.3, -0.25) is 0 Å². The maximum atomic E-state index is 14.7. The third-order valence-corrected chi connectivity index (χ3v) is 9.21. The summed E-state index contributed by atoms with van der Waals surface area (Å²) in [6.07, 6.45) is 17.6. The molecule has 0 bridgehead atoms. The van der Waals surface area contributed by atoms with Crippen molar-refractivity contribution in [2.24, 2.45) is 11.8 Å². The number of hydrogen-bond acceptors (Lipinski definition) is 1. The van der Waals surface area contributed by atoms with E-state index in [1.165, 1.54) is 81.8 Å². The van der Waals surface area contributed by atoms with Crippen molar-refractivity contribution in [1.82, 2.24) is 0 Å². The predicted molar refractivity (Wildman–Crippen MR) is 159 cm³/mol. The second-order valence-electron chi connectivity index (χ2n) is 12.0. The van der Waals surface area contributed by atoms with Gasteiger partial charge in [-0.05, 0) is 130 Å². The van der Waals surface area contributed by atoms with Crippen LogP contribution in [0.2, 0.25) is 0 Å². The Bertz CT molecular complexity index is 1010. The molecule has 3 heteroatoms. The Hall–Kier alpha value is -2.26. The molecule has 0 saturated heterocycles. The normalized spacial score (nSPS) is 24.2. The molecule has 2 saturated carbocycles. The van der Waals surface area contributed by atoms with Crippen LogP contribution in [-0.2, 0) is 17.8 Å². The lowest BCUT2D eigenvalue weighted by Gasteiger charge is -2.29. The number of ether oxygens (including phenoxy) is 1. The topological polar surface area (TPSA) is 9.23 Å². The first-order chi connectivity index (χ1) is 19.0. The lowest BCUT2D eigenvalue weighted by Crippen LogP contribution is -2.23. The largest absolute Gasteiger partial charge is 0.360 e. The van der Waals surface area contributed by atoms with Crippen LogP contribution in [0.3, 0.4) is 0 Å². The Labute approximate surface area is 235 Å². The van der Waals surface area contributed by atoms with Crippen molar-refractivity contribution >= 4 is 0 Å². The van der Waals surface area contributed by atoms with Crippen molar-refractivity contribution < 1.29 is 13.5 Å². The van der Waals surface area contributed by atoms with Crippen LogP contribution in [0.5, 0.6) is 0 Å². The number of rotatable bonds is 13. The zero-order chi connectivity index (χ0) is 27.5. The van der Waals surface area contributed by atoms with Crippen molar-refractivity contribution in [3.63, 3.8) is 0 Å². The number of allylic oxidation sites excluding steroid dienone is 3. The van der Waals surface area contributed by atoms with Crippen LogP contribution < -0.4 is 0 Å². The molecular formula is C36H48F2O. The summed E-state index contributed by atoms with van der Waals surface area (Å²) in [6, 6.07) is 16.0. The van der Waals surface area contributed by atoms with Gasteiger partial charge in [0.25, 0.3) is 0 Å². The summed E-state index contributed by atoms with van der Waals surface area (Å²) in [6.45, 7) is 5.85. The fraction of sp³-hybridized carbons (Fsp3) is 0.556. The Morgan fingerprint density at radius 1 is 0.744 bits per heavy atom. The Morgan fingerprint density at radius 3 is 1.72 bits per heavy atom. The van der Waals surface area contributed by atoms with Crippen molar-refractivity contribution in [3.8, 4) is 0 Å². The average Bonchev–Trinajstić information content (AvgIpc) is 2.96. The molecule has 2 aliphatic rings. The second kappa shape index (κ2) is 14.9. The molecule has 212 valence electrons. The van der Waals surface area contributed by atoms with Crippen LogP contribution in [0.1, 0.15) is 118 Å². The Morgan fingerprint density at radius 2 is 1.23 bits per heavy atom. The fourth-order valence-corrected chi connectivity index (χ4v) is 6.69. The molecule has 4 rings (SSSR count). The molecular weight excluding hydrogens is 486 g/mol. The first kappa shape index (κ1) is 29.7. The molecule has 0 N–H and O–H groups in total. The van der Waals surface area contributed by atoms with E-state index in [0.29, 0.717) is 17.4 Å². The summed E-state index contributed by atoms with van der Waals surface area (Å²) in [4.78, 5) is 0. The average molecular weight is 535 g/mol. The molecule has 2 fully saturated rings. The highest BCUT2D eigenvalue weighted by Crippen LogP contribution is 2.39. The van der Waals surface area contributed by atoms with E-state index >= 15 is 0 Å². The quantitative estimate of drug-likeness (QED) is 0.232. The SMILES string of the molecule is C=CCCC1CCC(c2ccc(CC(F)(F)OCc3ccc(C4CCC(CC/C=C/C)CC4)cc3)cc2)CC1. The van der Waals surface area contributed by atoms with E-state index in [1.807, 2.05) is 30.3 Å². The smallest absolute Gasteiger partial charge is 0.315 e. The Kier molecular flexibility index (Phi) is 11.4. The molecule has 1 nitrogen and oxygen atoms in total. The van der Waals surface area contributed by atoms with E-state index in [0.717, 1.165) is 23.8 Å². The second-order valence-corrected chi connectivity index (χ2v) is 12.0. The van der Waals surface area contributed by atoms with E-state index in [-0.39, 0.29) is 6.61 Å². The van der Waals surface area contributed by atoms with E-state index in [4.69, 9.17) is 4.74 Å². The minimum absolute atomic E-state index is 0.0713. The third-order valence-electron chi connectivity index (χ3n) is 9.21. The van der Waals surface area contributed by atoms with Gasteiger partial charge < -0.3 is 4.74 Å². The van der Waals surface area contributed by atoms with Gasteiger partial charge in [0.2, 0.25) is 0 Å². The standard InChI is InChI=1S/C36H48F2O/c1-3-5-7-9-29-12-20-33(21-13-29)35-24-16-31(17-25-35)27-39-36(37,38)26-30-14-22-34(23-15-30)32-18-10-28(11-19-32)8-6-4-2/h3-5,14-17,22-25,28-29,32-33H,2,6-13,18-21,26-27H2,1H3/b5-3+. The highest BCUT2D eigenvalue weighted by molar-refractivity contribution is 5.27. The third kappa shape index (κ3) is 9.41. The zero-order valence-electron chi connectivity index (χ0n) is 23.9. The Balaban J connectivity index is 1.20. The summed E-state index contributed by atoms with van der Waals surface area (Å²) in [5.41, 5.74) is 4.05.